The molecule has 0 aliphatic carbocycles. The zero-order valence-electron chi connectivity index (χ0n) is 29.4. The Morgan fingerprint density at radius 3 is 2.08 bits per heavy atom. The third-order valence-electron chi connectivity index (χ3n) is 8.17. The van der Waals surface area contributed by atoms with Gasteiger partial charge < -0.3 is 48.9 Å². The number of hydrogen-bond donors (Lipinski definition) is 2. The van der Waals surface area contributed by atoms with E-state index in [0.29, 0.717) is 82.4 Å². The first-order valence-corrected chi connectivity index (χ1v) is 18.0. The minimum atomic E-state index is -1.00. The molecule has 0 saturated carbocycles. The number of hydrogen-bond acceptors (Lipinski definition) is 12. The van der Waals surface area contributed by atoms with Gasteiger partial charge >= 0.3 is 5.97 Å². The summed E-state index contributed by atoms with van der Waals surface area (Å²) in [5, 5.41) is 13.3. The number of carboxylic acid groups (broad SMARTS) is 1. The Morgan fingerprint density at radius 2 is 1.48 bits per heavy atom. The number of anilines is 1. The number of piperidine rings is 1. The molecule has 1 atom stereocenters. The molecule has 0 bridgehead atoms. The van der Waals surface area contributed by atoms with Gasteiger partial charge in [0.2, 0.25) is 0 Å². The minimum absolute atomic E-state index is 0.0904. The lowest BCUT2D eigenvalue weighted by Gasteiger charge is -2.31. The molecule has 1 aromatic carbocycles. The van der Waals surface area contributed by atoms with Gasteiger partial charge in [-0.25, -0.2) is 14.2 Å². The first-order valence-electron chi connectivity index (χ1n) is 17.2. The molecule has 14 nitrogen and oxygen atoms in total. The van der Waals surface area contributed by atoms with Gasteiger partial charge in [-0.1, -0.05) is 23.2 Å². The van der Waals surface area contributed by atoms with Crippen LogP contribution in [0.4, 0.5) is 10.2 Å². The number of ether oxygens (including phenoxy) is 7. The van der Waals surface area contributed by atoms with Crippen molar-refractivity contribution in [1.29, 1.82) is 0 Å². The molecule has 288 valence electrons. The summed E-state index contributed by atoms with van der Waals surface area (Å²) >= 11 is 12.5. The Labute approximate surface area is 313 Å². The van der Waals surface area contributed by atoms with Crippen molar-refractivity contribution >= 4 is 35.0 Å². The second kappa shape index (κ2) is 22.8. The molecule has 1 aliphatic rings. The van der Waals surface area contributed by atoms with Gasteiger partial charge in [0.25, 0.3) is 0 Å². The van der Waals surface area contributed by atoms with Crippen LogP contribution >= 0.6 is 23.2 Å². The number of nitrogens with zero attached hydrogens (tertiary/aromatic N) is 4. The maximum absolute atomic E-state index is 14.1. The standard InChI is InChI=1S/C35H48Cl2FN5O9/c1-25(33-29(36)2-3-30(38)34(33)37)52-31-20-26(21-40-35(31)39)27-22-41-43(23-27)28-4-6-42(7-5-28)8-9-46-10-11-47-12-13-48-14-15-49-16-17-50-18-19-51-24-32(44)45/h2-3,20-23,25,28H,4-19,24H2,1H3,(H2,39,40)(H,44,45)/t25-/m1/s1. The van der Waals surface area contributed by atoms with E-state index in [1.54, 1.807) is 25.4 Å². The van der Waals surface area contributed by atoms with Gasteiger partial charge in [0.15, 0.2) is 11.6 Å². The fourth-order valence-electron chi connectivity index (χ4n) is 5.42. The second-order valence-corrected chi connectivity index (χ2v) is 12.7. The molecular weight excluding hydrogens is 724 g/mol. The average Bonchev–Trinajstić information content (AvgIpc) is 3.62. The number of likely N-dealkylation sites (tertiary alicyclic amines) is 1. The molecule has 0 radical (unpaired) electrons. The molecule has 3 N–H and O–H groups in total. The summed E-state index contributed by atoms with van der Waals surface area (Å²) in [4.78, 5) is 17.0. The maximum atomic E-state index is 14.1. The monoisotopic (exact) mass is 771 g/mol. The van der Waals surface area contributed by atoms with E-state index in [2.05, 4.69) is 15.0 Å². The van der Waals surface area contributed by atoms with Crippen molar-refractivity contribution in [3.05, 3.63) is 58.2 Å². The van der Waals surface area contributed by atoms with Crippen LogP contribution in [-0.4, -0.2) is 130 Å². The number of benzene rings is 1. The Bertz CT molecular complexity index is 1510. The third kappa shape index (κ3) is 14.0. The molecule has 17 heteroatoms. The van der Waals surface area contributed by atoms with Crippen LogP contribution in [0.25, 0.3) is 11.1 Å². The van der Waals surface area contributed by atoms with E-state index in [0.717, 1.165) is 43.6 Å². The molecule has 52 heavy (non-hydrogen) atoms. The molecule has 2 aromatic heterocycles. The van der Waals surface area contributed by atoms with Gasteiger partial charge in [-0.05, 0) is 38.0 Å². The van der Waals surface area contributed by atoms with E-state index in [4.69, 9.17) is 67.2 Å². The number of carbonyl (C=O) groups is 1. The van der Waals surface area contributed by atoms with Gasteiger partial charge in [-0.3, -0.25) is 4.68 Å². The quantitative estimate of drug-likeness (QED) is 0.0882. The van der Waals surface area contributed by atoms with Crippen molar-refractivity contribution in [3.63, 3.8) is 0 Å². The van der Waals surface area contributed by atoms with E-state index < -0.39 is 17.9 Å². The highest BCUT2D eigenvalue weighted by molar-refractivity contribution is 6.36. The number of aliphatic carboxylic acids is 1. The van der Waals surface area contributed by atoms with Gasteiger partial charge in [-0.15, -0.1) is 0 Å². The molecule has 0 spiro atoms. The number of pyridine rings is 1. The lowest BCUT2D eigenvalue weighted by molar-refractivity contribution is -0.142. The zero-order chi connectivity index (χ0) is 37.1. The molecular formula is C35H48Cl2FN5O9. The second-order valence-electron chi connectivity index (χ2n) is 11.9. The zero-order valence-corrected chi connectivity index (χ0v) is 30.9. The summed E-state index contributed by atoms with van der Waals surface area (Å²) in [6.45, 7) is 9.07. The van der Waals surface area contributed by atoms with Crippen LogP contribution in [0, 0.1) is 5.82 Å². The fraction of sp³-hybridized carbons (Fsp3) is 0.571. The van der Waals surface area contributed by atoms with Crippen molar-refractivity contribution < 1.29 is 47.4 Å². The van der Waals surface area contributed by atoms with Gasteiger partial charge in [0, 0.05) is 53.7 Å². The lowest BCUT2D eigenvalue weighted by Crippen LogP contribution is -2.37. The van der Waals surface area contributed by atoms with Crippen molar-refractivity contribution in [2.75, 3.05) is 105 Å². The summed E-state index contributed by atoms with van der Waals surface area (Å²) in [6, 6.07) is 4.72. The predicted octanol–water partition coefficient (Wildman–Crippen LogP) is 4.93. The molecule has 1 saturated heterocycles. The van der Waals surface area contributed by atoms with Crippen molar-refractivity contribution in [2.24, 2.45) is 0 Å². The van der Waals surface area contributed by atoms with Crippen LogP contribution in [0.2, 0.25) is 10.0 Å². The number of aromatic nitrogens is 3. The normalized spacial score (nSPS) is 14.5. The number of nitrogen functional groups attached to an aromatic ring is 1. The summed E-state index contributed by atoms with van der Waals surface area (Å²) in [5.41, 5.74) is 8.12. The first kappa shape index (κ1) is 41.6. The number of halogens is 3. The molecule has 1 aliphatic heterocycles. The van der Waals surface area contributed by atoms with Crippen LogP contribution in [0.15, 0.2) is 36.8 Å². The summed E-state index contributed by atoms with van der Waals surface area (Å²) in [6.07, 6.45) is 6.75. The SMILES string of the molecule is C[C@@H](Oc1cc(-c2cnn(C3CCN(CCOCCOCCOCCOCCOCCOCC(=O)O)CC3)c2)cnc1N)c1c(Cl)ccc(F)c1Cl. The van der Waals surface area contributed by atoms with Gasteiger partial charge in [-0.2, -0.15) is 5.10 Å². The van der Waals surface area contributed by atoms with Crippen LogP contribution in [0.1, 0.15) is 37.5 Å². The maximum Gasteiger partial charge on any atom is 0.329 e. The van der Waals surface area contributed by atoms with Crippen LogP contribution in [0.3, 0.4) is 0 Å². The average molecular weight is 773 g/mol. The predicted molar refractivity (Wildman–Crippen MR) is 193 cm³/mol. The Morgan fingerprint density at radius 1 is 0.904 bits per heavy atom. The van der Waals surface area contributed by atoms with E-state index in [1.165, 1.54) is 12.1 Å². The smallest absolute Gasteiger partial charge is 0.329 e. The number of nitrogens with two attached hydrogens (primary N) is 1. The highest BCUT2D eigenvalue weighted by atomic mass is 35.5. The number of rotatable bonds is 25. The van der Waals surface area contributed by atoms with Gasteiger partial charge in [0.05, 0.1) is 89.9 Å². The highest BCUT2D eigenvalue weighted by Gasteiger charge is 2.23. The fourth-order valence-corrected chi connectivity index (χ4v) is 6.10. The largest absolute Gasteiger partial charge is 0.482 e. The summed E-state index contributed by atoms with van der Waals surface area (Å²) < 4.78 is 54.5. The molecule has 1 fully saturated rings. The molecule has 4 rings (SSSR count). The van der Waals surface area contributed by atoms with Crippen molar-refractivity contribution in [2.45, 2.75) is 31.9 Å². The van der Waals surface area contributed by atoms with Gasteiger partial charge in [0.1, 0.15) is 18.5 Å². The van der Waals surface area contributed by atoms with Crippen LogP contribution in [-0.2, 0) is 33.2 Å². The highest BCUT2D eigenvalue weighted by Crippen LogP contribution is 2.37. The van der Waals surface area contributed by atoms with E-state index in [-0.39, 0.29) is 30.1 Å². The molecule has 3 aromatic rings. The Kier molecular flexibility index (Phi) is 18.3. The first-order chi connectivity index (χ1) is 25.2. The van der Waals surface area contributed by atoms with E-state index in [9.17, 15) is 9.18 Å². The summed E-state index contributed by atoms with van der Waals surface area (Å²) in [7, 11) is 0. The van der Waals surface area contributed by atoms with Crippen LogP contribution in [0.5, 0.6) is 5.75 Å². The Hall–Kier alpha value is -3.12. The van der Waals surface area contributed by atoms with E-state index >= 15 is 0 Å². The lowest BCUT2D eigenvalue weighted by atomic mass is 10.1. The van der Waals surface area contributed by atoms with E-state index in [1.807, 2.05) is 10.9 Å². The molecule has 3 heterocycles. The number of carboxylic acids is 1. The third-order valence-corrected chi connectivity index (χ3v) is 8.89. The summed E-state index contributed by atoms with van der Waals surface area (Å²) in [5.74, 6) is -1.05. The van der Waals surface area contributed by atoms with Crippen molar-refractivity contribution in [1.82, 2.24) is 19.7 Å². The molecule has 0 unspecified atom stereocenters. The topological polar surface area (TPSA) is 162 Å². The van der Waals surface area contributed by atoms with Crippen LogP contribution < -0.4 is 10.5 Å². The van der Waals surface area contributed by atoms with Crippen molar-refractivity contribution in [3.8, 4) is 16.9 Å². The minimum Gasteiger partial charge on any atom is -0.482 e. The Balaban J connectivity index is 1.03. The molecule has 0 amide bonds.